The first-order chi connectivity index (χ1) is 11.1. The lowest BCUT2D eigenvalue weighted by Gasteiger charge is -2.18. The van der Waals surface area contributed by atoms with Crippen LogP contribution in [0.4, 0.5) is 0 Å². The van der Waals surface area contributed by atoms with E-state index in [0.717, 1.165) is 0 Å². The topological polar surface area (TPSA) is 110 Å². The molecule has 0 aliphatic heterocycles. The third kappa shape index (κ3) is 3.25. The molecule has 0 aliphatic rings. The van der Waals surface area contributed by atoms with Gasteiger partial charge in [0.1, 0.15) is 12.4 Å². The Balaban J connectivity index is 1.81. The van der Waals surface area contributed by atoms with Gasteiger partial charge in [-0.15, -0.1) is 0 Å². The van der Waals surface area contributed by atoms with Crippen LogP contribution in [0, 0.1) is 5.92 Å². The van der Waals surface area contributed by atoms with E-state index in [2.05, 4.69) is 30.6 Å². The van der Waals surface area contributed by atoms with Crippen LogP contribution >= 0.6 is 0 Å². The van der Waals surface area contributed by atoms with E-state index in [1.807, 2.05) is 32.0 Å². The van der Waals surface area contributed by atoms with E-state index in [4.69, 9.17) is 4.52 Å². The zero-order chi connectivity index (χ0) is 16.2. The minimum absolute atomic E-state index is 0.0747. The Morgan fingerprint density at radius 2 is 2.04 bits per heavy atom. The van der Waals surface area contributed by atoms with Crippen molar-refractivity contribution < 1.29 is 9.32 Å². The zero-order valence-electron chi connectivity index (χ0n) is 12.7. The molecular formula is C15H16N6O2. The summed E-state index contributed by atoms with van der Waals surface area (Å²) in [6.07, 6.45) is 1.36. The molecule has 3 aromatic rings. The summed E-state index contributed by atoms with van der Waals surface area (Å²) < 4.78 is 5.29. The molecule has 2 N–H and O–H groups in total. The van der Waals surface area contributed by atoms with E-state index in [1.165, 1.54) is 6.33 Å². The summed E-state index contributed by atoms with van der Waals surface area (Å²) in [5.41, 5.74) is 0.577. The number of nitrogens with one attached hydrogen (secondary N) is 2. The highest BCUT2D eigenvalue weighted by Gasteiger charge is 2.25. The van der Waals surface area contributed by atoms with Crippen LogP contribution in [0.5, 0.6) is 0 Å². The first-order valence-corrected chi connectivity index (χ1v) is 7.20. The summed E-state index contributed by atoms with van der Waals surface area (Å²) >= 11 is 0. The molecule has 1 aromatic carbocycles. The largest absolute Gasteiger partial charge is 0.340 e. The van der Waals surface area contributed by atoms with Gasteiger partial charge in [-0.2, -0.15) is 10.1 Å². The average Bonchev–Trinajstić information content (AvgIpc) is 3.23. The van der Waals surface area contributed by atoms with Gasteiger partial charge in [0, 0.05) is 5.56 Å². The number of aromatic amines is 1. The molecule has 1 amide bonds. The average molecular weight is 312 g/mol. The van der Waals surface area contributed by atoms with Gasteiger partial charge in [0.25, 0.3) is 5.91 Å². The summed E-state index contributed by atoms with van der Waals surface area (Å²) in [7, 11) is 0. The van der Waals surface area contributed by atoms with E-state index in [9.17, 15) is 4.79 Å². The smallest absolute Gasteiger partial charge is 0.251 e. The first-order valence-electron chi connectivity index (χ1n) is 7.20. The highest BCUT2D eigenvalue weighted by molar-refractivity contribution is 5.94. The van der Waals surface area contributed by atoms with Crippen molar-refractivity contribution in [3.63, 3.8) is 0 Å². The lowest BCUT2D eigenvalue weighted by Crippen LogP contribution is -2.32. The van der Waals surface area contributed by atoms with Crippen LogP contribution in [0.15, 0.2) is 41.2 Å². The number of carbonyl (C=O) groups is 1. The molecule has 0 saturated heterocycles. The normalized spacial score (nSPS) is 12.3. The summed E-state index contributed by atoms with van der Waals surface area (Å²) in [6, 6.07) is 8.59. The van der Waals surface area contributed by atoms with E-state index in [-0.39, 0.29) is 11.8 Å². The molecule has 0 radical (unpaired) electrons. The van der Waals surface area contributed by atoms with Crippen molar-refractivity contribution in [2.45, 2.75) is 19.9 Å². The fraction of sp³-hybridized carbons (Fsp3) is 0.267. The van der Waals surface area contributed by atoms with Gasteiger partial charge in [0.05, 0.1) is 0 Å². The lowest BCUT2D eigenvalue weighted by atomic mass is 10.0. The molecule has 1 unspecified atom stereocenters. The third-order valence-corrected chi connectivity index (χ3v) is 3.32. The predicted molar refractivity (Wildman–Crippen MR) is 81.2 cm³/mol. The van der Waals surface area contributed by atoms with E-state index >= 15 is 0 Å². The highest BCUT2D eigenvalue weighted by Crippen LogP contribution is 2.22. The maximum Gasteiger partial charge on any atom is 0.251 e. The maximum atomic E-state index is 12.3. The number of hydrogen-bond acceptors (Lipinski definition) is 6. The van der Waals surface area contributed by atoms with Gasteiger partial charge in [-0.25, -0.2) is 4.98 Å². The van der Waals surface area contributed by atoms with Crippen molar-refractivity contribution in [1.29, 1.82) is 0 Å². The second-order valence-electron chi connectivity index (χ2n) is 5.35. The van der Waals surface area contributed by atoms with E-state index in [0.29, 0.717) is 23.1 Å². The summed E-state index contributed by atoms with van der Waals surface area (Å²) in [4.78, 5) is 20.6. The molecule has 0 fully saturated rings. The SMILES string of the molecule is CC(C)C(NC(=O)c1ccccc1)c1nc(-c2ncn[nH]2)no1. The summed E-state index contributed by atoms with van der Waals surface area (Å²) in [6.45, 7) is 3.93. The Labute approximate surface area is 132 Å². The van der Waals surface area contributed by atoms with Gasteiger partial charge in [-0.05, 0) is 18.1 Å². The summed E-state index contributed by atoms with van der Waals surface area (Å²) in [5, 5.41) is 13.2. The van der Waals surface area contributed by atoms with Crippen LogP contribution in [-0.2, 0) is 0 Å². The number of rotatable bonds is 5. The number of amides is 1. The molecule has 3 rings (SSSR count). The number of carbonyl (C=O) groups excluding carboxylic acids is 1. The second-order valence-corrected chi connectivity index (χ2v) is 5.35. The van der Waals surface area contributed by atoms with Crippen LogP contribution in [0.25, 0.3) is 11.6 Å². The molecule has 0 bridgehead atoms. The Hall–Kier alpha value is -3.03. The van der Waals surface area contributed by atoms with E-state index < -0.39 is 6.04 Å². The zero-order valence-corrected chi connectivity index (χ0v) is 12.7. The van der Waals surface area contributed by atoms with Crippen LogP contribution in [0.1, 0.15) is 36.1 Å². The number of benzene rings is 1. The Bertz CT molecular complexity index is 766. The van der Waals surface area contributed by atoms with Crippen molar-refractivity contribution in [1.82, 2.24) is 30.6 Å². The monoisotopic (exact) mass is 312 g/mol. The maximum absolute atomic E-state index is 12.3. The predicted octanol–water partition coefficient (Wildman–Crippen LogP) is 1.98. The molecule has 2 heterocycles. The molecule has 1 atom stereocenters. The highest BCUT2D eigenvalue weighted by atomic mass is 16.5. The Morgan fingerprint density at radius 3 is 2.70 bits per heavy atom. The molecule has 8 heteroatoms. The third-order valence-electron chi connectivity index (χ3n) is 3.32. The van der Waals surface area contributed by atoms with Gasteiger partial charge in [-0.3, -0.25) is 9.89 Å². The first kappa shape index (κ1) is 14.9. The quantitative estimate of drug-likeness (QED) is 0.745. The number of hydrogen-bond donors (Lipinski definition) is 2. The molecule has 118 valence electrons. The van der Waals surface area contributed by atoms with Gasteiger partial charge in [0.2, 0.25) is 11.7 Å². The fourth-order valence-corrected chi connectivity index (χ4v) is 2.10. The second kappa shape index (κ2) is 6.39. The van der Waals surface area contributed by atoms with Gasteiger partial charge in [0.15, 0.2) is 5.82 Å². The molecule has 8 nitrogen and oxygen atoms in total. The summed E-state index contributed by atoms with van der Waals surface area (Å²) in [5.74, 6) is 0.930. The fourth-order valence-electron chi connectivity index (χ4n) is 2.10. The van der Waals surface area contributed by atoms with Crippen LogP contribution in [-0.4, -0.2) is 31.2 Å². The molecule has 0 aliphatic carbocycles. The molecule has 23 heavy (non-hydrogen) atoms. The van der Waals surface area contributed by atoms with Crippen molar-refractivity contribution >= 4 is 5.91 Å². The van der Waals surface area contributed by atoms with Crippen molar-refractivity contribution in [2.75, 3.05) is 0 Å². The molecule has 0 spiro atoms. The van der Waals surface area contributed by atoms with E-state index in [1.54, 1.807) is 12.1 Å². The van der Waals surface area contributed by atoms with Crippen LogP contribution < -0.4 is 5.32 Å². The van der Waals surface area contributed by atoms with Crippen LogP contribution in [0.2, 0.25) is 0 Å². The van der Waals surface area contributed by atoms with Crippen LogP contribution in [0.3, 0.4) is 0 Å². The molecule has 0 saturated carbocycles. The Kier molecular flexibility index (Phi) is 4.13. The molecule has 2 aromatic heterocycles. The Morgan fingerprint density at radius 1 is 1.26 bits per heavy atom. The lowest BCUT2D eigenvalue weighted by molar-refractivity contribution is 0.0914. The van der Waals surface area contributed by atoms with Crippen molar-refractivity contribution in [3.8, 4) is 11.6 Å². The van der Waals surface area contributed by atoms with Crippen molar-refractivity contribution in [3.05, 3.63) is 48.1 Å². The minimum atomic E-state index is -0.396. The van der Waals surface area contributed by atoms with Crippen molar-refractivity contribution in [2.24, 2.45) is 5.92 Å². The molecular weight excluding hydrogens is 296 g/mol. The van der Waals surface area contributed by atoms with Gasteiger partial charge in [-0.1, -0.05) is 37.2 Å². The number of H-pyrrole nitrogens is 1. The minimum Gasteiger partial charge on any atom is -0.340 e. The standard InChI is InChI=1S/C15H16N6O2/c1-9(2)11(18-14(22)10-6-4-3-5-7-10)15-19-13(21-23-15)12-16-8-17-20-12/h3-9,11H,1-2H3,(H,18,22)(H,16,17,20). The van der Waals surface area contributed by atoms with Gasteiger partial charge < -0.3 is 9.84 Å². The van der Waals surface area contributed by atoms with Gasteiger partial charge >= 0.3 is 0 Å². The number of aromatic nitrogens is 5. The number of nitrogens with zero attached hydrogens (tertiary/aromatic N) is 4.